The maximum absolute atomic E-state index is 14.1. The van der Waals surface area contributed by atoms with Crippen molar-refractivity contribution in [3.05, 3.63) is 72.4 Å². The molecular weight excluding hydrogens is 462 g/mol. The zero-order chi connectivity index (χ0) is 23.8. The van der Waals surface area contributed by atoms with Crippen molar-refractivity contribution in [1.82, 2.24) is 15.0 Å². The Labute approximate surface area is 185 Å². The Bertz CT molecular complexity index is 1430. The second-order valence-electron chi connectivity index (χ2n) is 7.06. The summed E-state index contributed by atoms with van der Waals surface area (Å²) >= 11 is 0. The standard InChI is InChI=1S/C21H15F4N5O2S/c22-11-21(24,25)14-7-13-10-28-20(29-15-2-4-16(5-3-15)33(26,31)32)30-19(13)17(8-14)12-1-6-18(23)27-9-12/h1-10H,11H2,(H2,26,31,32)(H,28,29,30). The minimum absolute atomic E-state index is 0.0761. The lowest BCUT2D eigenvalue weighted by Crippen LogP contribution is -2.16. The molecule has 4 aromatic rings. The molecule has 2 aromatic carbocycles. The molecule has 0 atom stereocenters. The van der Waals surface area contributed by atoms with E-state index in [-0.39, 0.29) is 27.3 Å². The van der Waals surface area contributed by atoms with Crippen molar-refractivity contribution in [2.75, 3.05) is 12.0 Å². The van der Waals surface area contributed by atoms with Gasteiger partial charge in [-0.1, -0.05) is 0 Å². The minimum Gasteiger partial charge on any atom is -0.324 e. The van der Waals surface area contributed by atoms with Crippen LogP contribution in [-0.2, 0) is 15.9 Å². The lowest BCUT2D eigenvalue weighted by atomic mass is 9.98. The average molecular weight is 477 g/mol. The van der Waals surface area contributed by atoms with Crippen LogP contribution in [-0.4, -0.2) is 30.0 Å². The van der Waals surface area contributed by atoms with E-state index in [0.717, 1.165) is 24.4 Å². The third-order valence-corrected chi connectivity index (χ3v) is 5.68. The Morgan fingerprint density at radius 3 is 2.33 bits per heavy atom. The van der Waals surface area contributed by atoms with Gasteiger partial charge in [0.15, 0.2) is 6.67 Å². The van der Waals surface area contributed by atoms with Crippen molar-refractivity contribution >= 4 is 32.6 Å². The number of aromatic nitrogens is 3. The quantitative estimate of drug-likeness (QED) is 0.317. The molecule has 170 valence electrons. The Morgan fingerprint density at radius 1 is 1.00 bits per heavy atom. The van der Waals surface area contributed by atoms with Crippen molar-refractivity contribution in [3.63, 3.8) is 0 Å². The van der Waals surface area contributed by atoms with Gasteiger partial charge in [-0.15, -0.1) is 0 Å². The zero-order valence-electron chi connectivity index (χ0n) is 16.6. The van der Waals surface area contributed by atoms with E-state index in [1.54, 1.807) is 0 Å². The molecule has 2 aromatic heterocycles. The molecule has 0 aliphatic rings. The summed E-state index contributed by atoms with van der Waals surface area (Å²) in [6.07, 6.45) is 2.43. The van der Waals surface area contributed by atoms with E-state index in [2.05, 4.69) is 20.3 Å². The molecule has 7 nitrogen and oxygen atoms in total. The summed E-state index contributed by atoms with van der Waals surface area (Å²) in [7, 11) is -3.86. The maximum Gasteiger partial charge on any atom is 0.301 e. The van der Waals surface area contributed by atoms with E-state index in [1.807, 2.05) is 0 Å². The van der Waals surface area contributed by atoms with Crippen molar-refractivity contribution < 1.29 is 26.0 Å². The number of halogens is 4. The molecule has 0 aliphatic heterocycles. The van der Waals surface area contributed by atoms with Crippen LogP contribution in [0.5, 0.6) is 0 Å². The molecule has 0 unspecified atom stereocenters. The molecule has 0 saturated heterocycles. The van der Waals surface area contributed by atoms with Crippen LogP contribution in [0, 0.1) is 5.95 Å². The van der Waals surface area contributed by atoms with E-state index < -0.39 is 34.1 Å². The van der Waals surface area contributed by atoms with Crippen LogP contribution in [0.15, 0.2) is 65.8 Å². The summed E-state index contributed by atoms with van der Waals surface area (Å²) in [5.74, 6) is -4.42. The lowest BCUT2D eigenvalue weighted by Gasteiger charge is -2.16. The van der Waals surface area contributed by atoms with Crippen LogP contribution in [0.3, 0.4) is 0 Å². The predicted molar refractivity (Wildman–Crippen MR) is 114 cm³/mol. The molecule has 0 saturated carbocycles. The second kappa shape index (κ2) is 8.37. The molecule has 0 amide bonds. The van der Waals surface area contributed by atoms with Gasteiger partial charge in [0.25, 0.3) is 0 Å². The van der Waals surface area contributed by atoms with Crippen LogP contribution in [0.1, 0.15) is 5.56 Å². The molecule has 12 heteroatoms. The first-order chi connectivity index (χ1) is 15.6. The third-order valence-electron chi connectivity index (χ3n) is 4.75. The summed E-state index contributed by atoms with van der Waals surface area (Å²) < 4.78 is 77.2. The van der Waals surface area contributed by atoms with Crippen LogP contribution in [0.2, 0.25) is 0 Å². The van der Waals surface area contributed by atoms with Gasteiger partial charge in [-0.05, 0) is 48.5 Å². The Hall–Kier alpha value is -3.64. The predicted octanol–water partition coefficient (Wildman–Crippen LogP) is 4.28. The highest BCUT2D eigenvalue weighted by atomic mass is 32.2. The first kappa shape index (κ1) is 22.6. The number of primary sulfonamides is 1. The molecule has 0 spiro atoms. The van der Waals surface area contributed by atoms with Crippen molar-refractivity contribution in [3.8, 4) is 11.1 Å². The fourth-order valence-electron chi connectivity index (χ4n) is 3.11. The SMILES string of the molecule is NS(=O)(=O)c1ccc(Nc2ncc3cc(C(F)(F)CF)cc(-c4ccc(F)nc4)c3n2)cc1. The van der Waals surface area contributed by atoms with Gasteiger partial charge in [0.2, 0.25) is 21.9 Å². The van der Waals surface area contributed by atoms with Gasteiger partial charge in [0.05, 0.1) is 10.4 Å². The summed E-state index contributed by atoms with van der Waals surface area (Å²) in [4.78, 5) is 11.9. The number of hydrogen-bond acceptors (Lipinski definition) is 6. The summed E-state index contributed by atoms with van der Waals surface area (Å²) in [6.45, 7) is -1.89. The summed E-state index contributed by atoms with van der Waals surface area (Å²) in [5, 5.41) is 8.16. The molecule has 0 fully saturated rings. The largest absolute Gasteiger partial charge is 0.324 e. The van der Waals surface area contributed by atoms with Crippen LogP contribution < -0.4 is 10.5 Å². The molecule has 2 heterocycles. The smallest absolute Gasteiger partial charge is 0.301 e. The lowest BCUT2D eigenvalue weighted by molar-refractivity contribution is -0.0279. The number of sulfonamides is 1. The number of nitrogens with two attached hydrogens (primary N) is 1. The monoisotopic (exact) mass is 477 g/mol. The number of nitrogens with zero attached hydrogens (tertiary/aromatic N) is 3. The molecule has 0 radical (unpaired) electrons. The number of nitrogens with one attached hydrogen (secondary N) is 1. The highest BCUT2D eigenvalue weighted by Crippen LogP contribution is 2.36. The normalized spacial score (nSPS) is 12.2. The van der Waals surface area contributed by atoms with Crippen molar-refractivity contribution in [1.29, 1.82) is 0 Å². The van der Waals surface area contributed by atoms with E-state index in [0.29, 0.717) is 11.3 Å². The highest BCUT2D eigenvalue weighted by molar-refractivity contribution is 7.89. The fourth-order valence-corrected chi connectivity index (χ4v) is 3.62. The number of anilines is 2. The zero-order valence-corrected chi connectivity index (χ0v) is 17.5. The number of hydrogen-bond donors (Lipinski definition) is 2. The first-order valence-electron chi connectivity index (χ1n) is 9.34. The van der Waals surface area contributed by atoms with Crippen molar-refractivity contribution in [2.24, 2.45) is 5.14 Å². The van der Waals surface area contributed by atoms with E-state index in [9.17, 15) is 26.0 Å². The van der Waals surface area contributed by atoms with Gasteiger partial charge in [0.1, 0.15) is 0 Å². The molecule has 0 bridgehead atoms. The number of rotatable bonds is 6. The number of fused-ring (bicyclic) bond motifs is 1. The van der Waals surface area contributed by atoms with Gasteiger partial charge < -0.3 is 5.32 Å². The van der Waals surface area contributed by atoms with Gasteiger partial charge in [-0.3, -0.25) is 0 Å². The molecule has 4 rings (SSSR count). The summed E-state index contributed by atoms with van der Waals surface area (Å²) in [6, 6.07) is 10.0. The van der Waals surface area contributed by atoms with Gasteiger partial charge in [-0.2, -0.15) is 13.2 Å². The van der Waals surface area contributed by atoms with Gasteiger partial charge in [0, 0.05) is 40.2 Å². The Morgan fingerprint density at radius 2 is 1.73 bits per heavy atom. The molecule has 0 aliphatic carbocycles. The fraction of sp³-hybridized carbons (Fsp3) is 0.0952. The van der Waals surface area contributed by atoms with Gasteiger partial charge >= 0.3 is 5.92 Å². The van der Waals surface area contributed by atoms with Crippen molar-refractivity contribution in [2.45, 2.75) is 10.8 Å². The van der Waals surface area contributed by atoms with E-state index in [4.69, 9.17) is 5.14 Å². The Balaban J connectivity index is 1.81. The molecule has 33 heavy (non-hydrogen) atoms. The van der Waals surface area contributed by atoms with Gasteiger partial charge in [-0.25, -0.2) is 32.9 Å². The minimum atomic E-state index is -3.86. The third kappa shape index (κ3) is 4.76. The number of alkyl halides is 3. The second-order valence-corrected chi connectivity index (χ2v) is 8.62. The number of benzene rings is 2. The summed E-state index contributed by atoms with van der Waals surface area (Å²) in [5.41, 5.74) is 0.561. The first-order valence-corrected chi connectivity index (χ1v) is 10.9. The Kier molecular flexibility index (Phi) is 5.72. The van der Waals surface area contributed by atoms with E-state index in [1.165, 1.54) is 36.5 Å². The highest BCUT2D eigenvalue weighted by Gasteiger charge is 2.32. The molecule has 3 N–H and O–H groups in total. The van der Waals surface area contributed by atoms with E-state index >= 15 is 0 Å². The van der Waals surface area contributed by atoms with Crippen LogP contribution in [0.25, 0.3) is 22.0 Å². The number of pyridine rings is 1. The van der Waals surface area contributed by atoms with Crippen LogP contribution in [0.4, 0.5) is 29.2 Å². The van der Waals surface area contributed by atoms with Crippen LogP contribution >= 0.6 is 0 Å². The molecular formula is C21H15F4N5O2S. The average Bonchev–Trinajstić information content (AvgIpc) is 2.78. The maximum atomic E-state index is 14.1. The topological polar surface area (TPSA) is 111 Å².